The van der Waals surface area contributed by atoms with E-state index in [1.807, 2.05) is 24.5 Å². The molecule has 2 rings (SSSR count). The summed E-state index contributed by atoms with van der Waals surface area (Å²) in [5.74, 6) is -2.15. The van der Waals surface area contributed by atoms with Crippen molar-refractivity contribution in [1.29, 1.82) is 0 Å². The Bertz CT molecular complexity index is 461. The van der Waals surface area contributed by atoms with Gasteiger partial charge in [0, 0.05) is 12.4 Å². The molecule has 0 bridgehead atoms. The summed E-state index contributed by atoms with van der Waals surface area (Å²) >= 11 is 0. The SMILES string of the molecule is C1=Cc2ccccc2C=CN1.O=C(O)CCC(=O)O. The number of nitrogens with one attached hydrogen (secondary N) is 1. The summed E-state index contributed by atoms with van der Waals surface area (Å²) in [5, 5.41) is 18.8. The molecule has 0 saturated carbocycles. The minimum Gasteiger partial charge on any atom is -0.481 e. The molecule has 1 heterocycles. The van der Waals surface area contributed by atoms with Crippen LogP contribution in [0.1, 0.15) is 24.0 Å². The van der Waals surface area contributed by atoms with Crippen molar-refractivity contribution < 1.29 is 19.8 Å². The molecule has 3 N–H and O–H groups in total. The summed E-state index contributed by atoms with van der Waals surface area (Å²) in [6.45, 7) is 0. The first-order valence-electron chi connectivity index (χ1n) is 5.71. The molecule has 5 nitrogen and oxygen atoms in total. The Morgan fingerprint density at radius 2 is 1.32 bits per heavy atom. The molecule has 1 aromatic carbocycles. The molecule has 0 unspecified atom stereocenters. The summed E-state index contributed by atoms with van der Waals surface area (Å²) < 4.78 is 0. The quantitative estimate of drug-likeness (QED) is 0.776. The second-order valence-electron chi connectivity index (χ2n) is 3.75. The number of aliphatic carboxylic acids is 2. The maximum Gasteiger partial charge on any atom is 0.303 e. The molecule has 0 saturated heterocycles. The Hall–Kier alpha value is -2.56. The Labute approximate surface area is 110 Å². The number of benzene rings is 1. The van der Waals surface area contributed by atoms with Crippen LogP contribution in [0, 0.1) is 0 Å². The van der Waals surface area contributed by atoms with Crippen molar-refractivity contribution >= 4 is 24.1 Å². The highest BCUT2D eigenvalue weighted by Gasteiger charge is 2.00. The molecule has 19 heavy (non-hydrogen) atoms. The highest BCUT2D eigenvalue weighted by Crippen LogP contribution is 2.13. The average Bonchev–Trinajstić information content (AvgIpc) is 2.62. The Kier molecular flexibility index (Phi) is 5.88. The van der Waals surface area contributed by atoms with Gasteiger partial charge in [-0.1, -0.05) is 24.3 Å². The van der Waals surface area contributed by atoms with E-state index in [0.717, 1.165) is 0 Å². The predicted octanol–water partition coefficient (Wildman–Crippen LogP) is 2.17. The average molecular weight is 261 g/mol. The van der Waals surface area contributed by atoms with Crippen LogP contribution in [0.3, 0.4) is 0 Å². The van der Waals surface area contributed by atoms with Gasteiger partial charge in [0.05, 0.1) is 12.8 Å². The molecule has 0 atom stereocenters. The van der Waals surface area contributed by atoms with Gasteiger partial charge in [-0.2, -0.15) is 0 Å². The van der Waals surface area contributed by atoms with E-state index in [0.29, 0.717) is 0 Å². The lowest BCUT2D eigenvalue weighted by Gasteiger charge is -1.95. The second-order valence-corrected chi connectivity index (χ2v) is 3.75. The van der Waals surface area contributed by atoms with Gasteiger partial charge in [-0.15, -0.1) is 0 Å². The summed E-state index contributed by atoms with van der Waals surface area (Å²) in [7, 11) is 0. The van der Waals surface area contributed by atoms with Gasteiger partial charge in [0.1, 0.15) is 0 Å². The number of hydrogen-bond acceptors (Lipinski definition) is 3. The van der Waals surface area contributed by atoms with Crippen molar-refractivity contribution in [1.82, 2.24) is 5.32 Å². The Balaban J connectivity index is 0.000000203. The van der Waals surface area contributed by atoms with E-state index < -0.39 is 11.9 Å². The van der Waals surface area contributed by atoms with Crippen molar-refractivity contribution in [3.8, 4) is 0 Å². The molecule has 0 amide bonds. The van der Waals surface area contributed by atoms with E-state index in [1.165, 1.54) is 11.1 Å². The Morgan fingerprint density at radius 3 is 1.68 bits per heavy atom. The van der Waals surface area contributed by atoms with Crippen LogP contribution in [-0.4, -0.2) is 22.2 Å². The van der Waals surface area contributed by atoms with Crippen LogP contribution in [0.4, 0.5) is 0 Å². The third-order valence-electron chi connectivity index (χ3n) is 2.27. The second kappa shape index (κ2) is 7.71. The molecule has 100 valence electrons. The fourth-order valence-electron chi connectivity index (χ4n) is 1.36. The van der Waals surface area contributed by atoms with Crippen molar-refractivity contribution in [3.05, 3.63) is 47.8 Å². The largest absolute Gasteiger partial charge is 0.481 e. The zero-order valence-electron chi connectivity index (χ0n) is 10.2. The van der Waals surface area contributed by atoms with Crippen molar-refractivity contribution in [3.63, 3.8) is 0 Å². The highest BCUT2D eigenvalue weighted by molar-refractivity contribution is 5.75. The predicted molar refractivity (Wildman–Crippen MR) is 72.2 cm³/mol. The van der Waals surface area contributed by atoms with E-state index in [9.17, 15) is 9.59 Å². The van der Waals surface area contributed by atoms with E-state index in [1.54, 1.807) is 0 Å². The van der Waals surface area contributed by atoms with Crippen LogP contribution >= 0.6 is 0 Å². The summed E-state index contributed by atoms with van der Waals surface area (Å²) in [5.41, 5.74) is 2.52. The molecule has 0 radical (unpaired) electrons. The van der Waals surface area contributed by atoms with Crippen LogP contribution in [-0.2, 0) is 9.59 Å². The Morgan fingerprint density at radius 1 is 0.895 bits per heavy atom. The number of fused-ring (bicyclic) bond motifs is 1. The molecular weight excluding hydrogens is 246 g/mol. The number of hydrogen-bond donors (Lipinski definition) is 3. The van der Waals surface area contributed by atoms with Gasteiger partial charge in [0.25, 0.3) is 0 Å². The van der Waals surface area contributed by atoms with Crippen LogP contribution in [0.15, 0.2) is 36.7 Å². The van der Waals surface area contributed by atoms with Gasteiger partial charge in [-0.3, -0.25) is 9.59 Å². The van der Waals surface area contributed by atoms with Gasteiger partial charge in [0.15, 0.2) is 0 Å². The van der Waals surface area contributed by atoms with E-state index >= 15 is 0 Å². The monoisotopic (exact) mass is 261 g/mol. The first-order chi connectivity index (χ1) is 9.09. The molecule has 0 aliphatic carbocycles. The van der Waals surface area contributed by atoms with Gasteiger partial charge in [-0.25, -0.2) is 0 Å². The minimum absolute atomic E-state index is 0.296. The number of carbonyl (C=O) groups is 2. The maximum absolute atomic E-state index is 9.64. The van der Waals surface area contributed by atoms with Gasteiger partial charge in [-0.05, 0) is 23.3 Å². The standard InChI is InChI=1S/C10H9N.C4H6O4/c1-2-4-10-6-8-11-7-5-9(10)3-1;5-3(6)1-2-4(7)8/h1-8,11H;1-2H2,(H,5,6)(H,7,8). The zero-order chi connectivity index (χ0) is 14.1. The lowest BCUT2D eigenvalue weighted by atomic mass is 10.1. The molecule has 5 heteroatoms. The van der Waals surface area contributed by atoms with E-state index in [2.05, 4.69) is 29.6 Å². The summed E-state index contributed by atoms with van der Waals surface area (Å²) in [6.07, 6.45) is 7.40. The van der Waals surface area contributed by atoms with Crippen molar-refractivity contribution in [2.45, 2.75) is 12.8 Å². The van der Waals surface area contributed by atoms with Crippen LogP contribution in [0.2, 0.25) is 0 Å². The lowest BCUT2D eigenvalue weighted by Crippen LogP contribution is -2.00. The number of rotatable bonds is 3. The third kappa shape index (κ3) is 6.07. The topological polar surface area (TPSA) is 86.6 Å². The van der Waals surface area contributed by atoms with E-state index in [-0.39, 0.29) is 12.8 Å². The molecule has 0 fully saturated rings. The maximum atomic E-state index is 9.64. The molecule has 0 spiro atoms. The summed E-state index contributed by atoms with van der Waals surface area (Å²) in [6, 6.07) is 8.29. The minimum atomic E-state index is -1.08. The van der Waals surface area contributed by atoms with Crippen molar-refractivity contribution in [2.75, 3.05) is 0 Å². The molecule has 1 aromatic rings. The fraction of sp³-hybridized carbons (Fsp3) is 0.143. The number of carboxylic acid groups (broad SMARTS) is 2. The van der Waals surface area contributed by atoms with Gasteiger partial charge in [0.2, 0.25) is 0 Å². The lowest BCUT2D eigenvalue weighted by molar-refractivity contribution is -0.143. The first kappa shape index (κ1) is 14.5. The van der Waals surface area contributed by atoms with Gasteiger partial charge < -0.3 is 15.5 Å². The number of carboxylic acids is 2. The van der Waals surface area contributed by atoms with Crippen LogP contribution in [0.5, 0.6) is 0 Å². The van der Waals surface area contributed by atoms with Gasteiger partial charge >= 0.3 is 11.9 Å². The zero-order valence-corrected chi connectivity index (χ0v) is 10.2. The smallest absolute Gasteiger partial charge is 0.303 e. The summed E-state index contributed by atoms with van der Waals surface area (Å²) in [4.78, 5) is 19.3. The fourth-order valence-corrected chi connectivity index (χ4v) is 1.36. The molecule has 1 aliphatic rings. The van der Waals surface area contributed by atoms with Crippen LogP contribution in [0.25, 0.3) is 12.2 Å². The normalized spacial score (nSPS) is 11.4. The molecule has 1 aliphatic heterocycles. The first-order valence-corrected chi connectivity index (χ1v) is 5.71. The third-order valence-corrected chi connectivity index (χ3v) is 2.27. The molecular formula is C14H15NO4. The van der Waals surface area contributed by atoms with Crippen LogP contribution < -0.4 is 5.32 Å². The highest BCUT2D eigenvalue weighted by atomic mass is 16.4. The molecule has 0 aromatic heterocycles. The van der Waals surface area contributed by atoms with E-state index in [4.69, 9.17) is 10.2 Å². The van der Waals surface area contributed by atoms with Crippen molar-refractivity contribution in [2.24, 2.45) is 0 Å².